The van der Waals surface area contributed by atoms with Gasteiger partial charge in [0.2, 0.25) is 11.8 Å². The molecule has 1 fully saturated rings. The molecule has 1 saturated heterocycles. The fraction of sp³-hybridized carbons (Fsp3) is 0.300. The molecule has 1 unspecified atom stereocenters. The number of carbonyl (C=O) groups is 3. The van der Waals surface area contributed by atoms with Crippen LogP contribution in [0.4, 0.5) is 5.69 Å². The number of fused-ring (bicyclic) bond motifs is 1. The third-order valence-corrected chi connectivity index (χ3v) is 7.20. The highest BCUT2D eigenvalue weighted by Gasteiger charge is 2.28. The molecule has 2 aliphatic heterocycles. The molecule has 0 spiro atoms. The summed E-state index contributed by atoms with van der Waals surface area (Å²) in [4.78, 5) is 41.1. The first-order chi connectivity index (χ1) is 18.5. The van der Waals surface area contributed by atoms with Gasteiger partial charge in [0, 0.05) is 24.6 Å². The molecule has 3 amide bonds. The molecular formula is C30H32N4O4. The zero-order valence-corrected chi connectivity index (χ0v) is 21.3. The van der Waals surface area contributed by atoms with E-state index in [1.165, 1.54) is 29.4 Å². The molecule has 3 aromatic carbocycles. The van der Waals surface area contributed by atoms with E-state index in [0.29, 0.717) is 18.0 Å². The maximum Gasteiger partial charge on any atom is 0.265 e. The van der Waals surface area contributed by atoms with Gasteiger partial charge in [0.05, 0.1) is 5.69 Å². The van der Waals surface area contributed by atoms with E-state index in [9.17, 15) is 14.4 Å². The van der Waals surface area contributed by atoms with Gasteiger partial charge in [-0.25, -0.2) is 0 Å². The van der Waals surface area contributed by atoms with Gasteiger partial charge in [0.25, 0.3) is 5.91 Å². The standard InChI is InChI=1S/C30H32N4O4/c31-30(37)24-12-13-27-26(16-24)34(29(36)20-38-27)19-28(35)32-17-25(18-33-14-4-5-15-33)23-10-8-22(9-11-23)21-6-2-1-3-7-21/h1-3,6-13,16,25H,4-5,14-15,17-20H2,(H2,31,37)(H,32,35). The Morgan fingerprint density at radius 2 is 1.66 bits per heavy atom. The second-order valence-corrected chi connectivity index (χ2v) is 9.81. The molecule has 5 rings (SSSR count). The van der Waals surface area contributed by atoms with Gasteiger partial charge in [-0.1, -0.05) is 54.6 Å². The Morgan fingerprint density at radius 3 is 2.37 bits per heavy atom. The van der Waals surface area contributed by atoms with E-state index in [0.717, 1.165) is 30.8 Å². The van der Waals surface area contributed by atoms with Crippen LogP contribution >= 0.6 is 0 Å². The Labute approximate surface area is 222 Å². The lowest BCUT2D eigenvalue weighted by Gasteiger charge is -2.29. The Hall–Kier alpha value is -4.17. The van der Waals surface area contributed by atoms with Crippen molar-refractivity contribution in [2.24, 2.45) is 5.73 Å². The van der Waals surface area contributed by atoms with Crippen molar-refractivity contribution in [2.75, 3.05) is 44.2 Å². The number of benzene rings is 3. The summed E-state index contributed by atoms with van der Waals surface area (Å²) < 4.78 is 5.47. The quantitative estimate of drug-likeness (QED) is 0.458. The number of nitrogens with two attached hydrogens (primary N) is 1. The Morgan fingerprint density at radius 1 is 0.947 bits per heavy atom. The summed E-state index contributed by atoms with van der Waals surface area (Å²) in [6.45, 7) is 3.10. The van der Waals surface area contributed by atoms with Gasteiger partial charge in [-0.3, -0.25) is 19.3 Å². The average molecular weight is 513 g/mol. The normalized spacial score (nSPS) is 16.0. The first-order valence-corrected chi connectivity index (χ1v) is 13.0. The van der Waals surface area contributed by atoms with Crippen molar-refractivity contribution in [1.29, 1.82) is 0 Å². The number of ether oxygens (including phenoxy) is 1. The maximum atomic E-state index is 13.0. The number of nitrogens with one attached hydrogen (secondary N) is 1. The molecular weight excluding hydrogens is 480 g/mol. The summed E-state index contributed by atoms with van der Waals surface area (Å²) in [5.74, 6) is -0.690. The van der Waals surface area contributed by atoms with Gasteiger partial charge >= 0.3 is 0 Å². The highest BCUT2D eigenvalue weighted by atomic mass is 16.5. The van der Waals surface area contributed by atoms with Crippen LogP contribution in [0.3, 0.4) is 0 Å². The molecule has 0 saturated carbocycles. The van der Waals surface area contributed by atoms with Crippen molar-refractivity contribution in [3.63, 3.8) is 0 Å². The predicted octanol–water partition coefficient (Wildman–Crippen LogP) is 3.17. The number of primary amides is 1. The Bertz CT molecular complexity index is 1300. The number of rotatable bonds is 9. The van der Waals surface area contributed by atoms with Crippen molar-refractivity contribution >= 4 is 23.4 Å². The lowest BCUT2D eigenvalue weighted by Crippen LogP contribution is -2.46. The molecule has 8 heteroatoms. The maximum absolute atomic E-state index is 13.0. The van der Waals surface area contributed by atoms with Gasteiger partial charge in [-0.2, -0.15) is 0 Å². The van der Waals surface area contributed by atoms with E-state index >= 15 is 0 Å². The third kappa shape index (κ3) is 5.86. The molecule has 2 aliphatic rings. The Balaban J connectivity index is 1.28. The van der Waals surface area contributed by atoms with Crippen molar-refractivity contribution in [2.45, 2.75) is 18.8 Å². The molecule has 196 valence electrons. The van der Waals surface area contributed by atoms with Crippen molar-refractivity contribution < 1.29 is 19.1 Å². The summed E-state index contributed by atoms with van der Waals surface area (Å²) >= 11 is 0. The van der Waals surface area contributed by atoms with E-state index in [-0.39, 0.29) is 36.4 Å². The third-order valence-electron chi connectivity index (χ3n) is 7.20. The second-order valence-electron chi connectivity index (χ2n) is 9.81. The minimum absolute atomic E-state index is 0.107. The fourth-order valence-corrected chi connectivity index (χ4v) is 5.11. The summed E-state index contributed by atoms with van der Waals surface area (Å²) in [6.07, 6.45) is 2.38. The minimum atomic E-state index is -0.613. The number of carbonyl (C=O) groups excluding carboxylic acids is 3. The van der Waals surface area contributed by atoms with E-state index in [2.05, 4.69) is 46.6 Å². The van der Waals surface area contributed by atoms with Crippen molar-refractivity contribution in [1.82, 2.24) is 10.2 Å². The van der Waals surface area contributed by atoms with Crippen LogP contribution in [-0.4, -0.2) is 62.0 Å². The van der Waals surface area contributed by atoms with Gasteiger partial charge < -0.3 is 20.7 Å². The minimum Gasteiger partial charge on any atom is -0.482 e. The molecule has 0 radical (unpaired) electrons. The SMILES string of the molecule is NC(=O)c1ccc2c(c1)N(CC(=O)NCC(CN1CCCC1)c1ccc(-c3ccccc3)cc1)C(=O)CO2. The van der Waals surface area contributed by atoms with E-state index in [1.807, 2.05) is 18.2 Å². The number of hydrogen-bond acceptors (Lipinski definition) is 5. The molecule has 0 aromatic heterocycles. The highest BCUT2D eigenvalue weighted by Crippen LogP contribution is 2.33. The number of amides is 3. The summed E-state index contributed by atoms with van der Waals surface area (Å²) in [5.41, 5.74) is 9.51. The van der Waals surface area contributed by atoms with Gasteiger partial charge in [-0.15, -0.1) is 0 Å². The monoisotopic (exact) mass is 512 g/mol. The molecule has 0 bridgehead atoms. The molecule has 3 aromatic rings. The second kappa shape index (κ2) is 11.5. The lowest BCUT2D eigenvalue weighted by atomic mass is 9.95. The molecule has 2 heterocycles. The van der Waals surface area contributed by atoms with Gasteiger partial charge in [0.1, 0.15) is 12.3 Å². The van der Waals surface area contributed by atoms with Crippen LogP contribution in [0.2, 0.25) is 0 Å². The van der Waals surface area contributed by atoms with E-state index in [1.54, 1.807) is 12.1 Å². The largest absolute Gasteiger partial charge is 0.482 e. The van der Waals surface area contributed by atoms with Crippen LogP contribution < -0.4 is 20.7 Å². The zero-order chi connectivity index (χ0) is 26.5. The van der Waals surface area contributed by atoms with Crippen LogP contribution in [0, 0.1) is 0 Å². The average Bonchev–Trinajstić information content (AvgIpc) is 3.46. The number of hydrogen-bond donors (Lipinski definition) is 2. The fourth-order valence-electron chi connectivity index (χ4n) is 5.11. The van der Waals surface area contributed by atoms with E-state index in [4.69, 9.17) is 10.5 Å². The zero-order valence-electron chi connectivity index (χ0n) is 21.3. The summed E-state index contributed by atoms with van der Waals surface area (Å²) in [7, 11) is 0. The highest BCUT2D eigenvalue weighted by molar-refractivity contribution is 6.04. The molecule has 38 heavy (non-hydrogen) atoms. The molecule has 8 nitrogen and oxygen atoms in total. The summed E-state index contributed by atoms with van der Waals surface area (Å²) in [5, 5.41) is 3.05. The lowest BCUT2D eigenvalue weighted by molar-refractivity contribution is -0.125. The number of nitrogens with zero attached hydrogens (tertiary/aromatic N) is 2. The molecule has 1 atom stereocenters. The van der Waals surface area contributed by atoms with Gasteiger partial charge in [0.15, 0.2) is 6.61 Å². The smallest absolute Gasteiger partial charge is 0.265 e. The van der Waals surface area contributed by atoms with Crippen LogP contribution in [0.1, 0.15) is 34.7 Å². The van der Waals surface area contributed by atoms with Crippen LogP contribution in [-0.2, 0) is 9.59 Å². The molecule has 0 aliphatic carbocycles. The topological polar surface area (TPSA) is 105 Å². The predicted molar refractivity (Wildman–Crippen MR) is 146 cm³/mol. The number of likely N-dealkylation sites (tertiary alicyclic amines) is 1. The Kier molecular flexibility index (Phi) is 7.70. The first kappa shape index (κ1) is 25.5. The van der Waals surface area contributed by atoms with Crippen molar-refractivity contribution in [3.05, 3.63) is 83.9 Å². The first-order valence-electron chi connectivity index (χ1n) is 13.0. The van der Waals surface area contributed by atoms with Crippen LogP contribution in [0.25, 0.3) is 11.1 Å². The van der Waals surface area contributed by atoms with Crippen LogP contribution in [0.5, 0.6) is 5.75 Å². The van der Waals surface area contributed by atoms with E-state index < -0.39 is 5.91 Å². The number of anilines is 1. The van der Waals surface area contributed by atoms with Crippen LogP contribution in [0.15, 0.2) is 72.8 Å². The molecule has 3 N–H and O–H groups in total. The summed E-state index contributed by atoms with van der Waals surface area (Å²) in [6, 6.07) is 23.4. The van der Waals surface area contributed by atoms with Gasteiger partial charge in [-0.05, 0) is 60.8 Å². The van der Waals surface area contributed by atoms with Crippen molar-refractivity contribution in [3.8, 4) is 16.9 Å².